The van der Waals surface area contributed by atoms with Crippen LogP contribution in [0.5, 0.6) is 11.5 Å². The summed E-state index contributed by atoms with van der Waals surface area (Å²) in [5.74, 6) is 2.19. The molecule has 26 heavy (non-hydrogen) atoms. The van der Waals surface area contributed by atoms with Crippen LogP contribution < -0.4 is 9.47 Å². The lowest BCUT2D eigenvalue weighted by molar-refractivity contribution is 0.216. The highest BCUT2D eigenvalue weighted by Gasteiger charge is 2.13. The fourth-order valence-corrected chi connectivity index (χ4v) is 2.34. The van der Waals surface area contributed by atoms with E-state index >= 15 is 0 Å². The SMILES string of the molecule is CN(C)N=C(c1ccccc1OCCOc1cccnc1)n1ccnc1. The molecule has 3 aromatic rings. The van der Waals surface area contributed by atoms with Gasteiger partial charge in [-0.2, -0.15) is 5.10 Å². The van der Waals surface area contributed by atoms with Gasteiger partial charge in [-0.3, -0.25) is 9.55 Å². The summed E-state index contributed by atoms with van der Waals surface area (Å²) in [6.07, 6.45) is 8.67. The zero-order valence-electron chi connectivity index (χ0n) is 14.8. The summed E-state index contributed by atoms with van der Waals surface area (Å²) in [6, 6.07) is 11.5. The van der Waals surface area contributed by atoms with Gasteiger partial charge in [-0.15, -0.1) is 0 Å². The van der Waals surface area contributed by atoms with Gasteiger partial charge in [0.05, 0.1) is 11.8 Å². The molecule has 0 aliphatic heterocycles. The molecule has 0 fully saturated rings. The molecule has 1 aromatic carbocycles. The zero-order chi connectivity index (χ0) is 18.2. The molecule has 3 rings (SSSR count). The number of hydrazone groups is 1. The van der Waals surface area contributed by atoms with Crippen molar-refractivity contribution in [2.24, 2.45) is 5.10 Å². The molecule has 0 amide bonds. The molecule has 2 aromatic heterocycles. The maximum Gasteiger partial charge on any atom is 0.168 e. The number of hydrogen-bond acceptors (Lipinski definition) is 6. The molecule has 0 atom stereocenters. The van der Waals surface area contributed by atoms with Crippen LogP contribution in [0.15, 0.2) is 72.6 Å². The Hall–Kier alpha value is -3.35. The van der Waals surface area contributed by atoms with Crippen molar-refractivity contribution in [3.8, 4) is 11.5 Å². The molecule has 7 nitrogen and oxygen atoms in total. The number of nitrogens with zero attached hydrogens (tertiary/aromatic N) is 5. The summed E-state index contributed by atoms with van der Waals surface area (Å²) < 4.78 is 13.4. The van der Waals surface area contributed by atoms with Crippen LogP contribution >= 0.6 is 0 Å². The lowest BCUT2D eigenvalue weighted by Crippen LogP contribution is -2.19. The Morgan fingerprint density at radius 3 is 2.62 bits per heavy atom. The largest absolute Gasteiger partial charge is 0.489 e. The molecule has 134 valence electrons. The first-order valence-electron chi connectivity index (χ1n) is 8.23. The second-order valence-corrected chi connectivity index (χ2v) is 5.62. The summed E-state index contributed by atoms with van der Waals surface area (Å²) in [5, 5.41) is 6.33. The molecule has 0 unspecified atom stereocenters. The molecular formula is C19H21N5O2. The number of rotatable bonds is 7. The number of aromatic nitrogens is 3. The molecule has 2 heterocycles. The van der Waals surface area contributed by atoms with Crippen molar-refractivity contribution in [2.75, 3.05) is 27.3 Å². The predicted molar refractivity (Wildman–Crippen MR) is 99.5 cm³/mol. The third-order valence-electron chi connectivity index (χ3n) is 3.42. The van der Waals surface area contributed by atoms with Crippen molar-refractivity contribution in [1.82, 2.24) is 19.5 Å². The summed E-state index contributed by atoms with van der Waals surface area (Å²) >= 11 is 0. The molecule has 0 bridgehead atoms. The van der Waals surface area contributed by atoms with Crippen LogP contribution in [-0.2, 0) is 0 Å². The van der Waals surface area contributed by atoms with E-state index in [-0.39, 0.29) is 0 Å². The van der Waals surface area contributed by atoms with Crippen LogP contribution in [0.25, 0.3) is 0 Å². The van der Waals surface area contributed by atoms with Crippen LogP contribution in [0.2, 0.25) is 0 Å². The third kappa shape index (κ3) is 4.60. The molecule has 0 aliphatic carbocycles. The second-order valence-electron chi connectivity index (χ2n) is 5.62. The second kappa shape index (κ2) is 8.66. The third-order valence-corrected chi connectivity index (χ3v) is 3.42. The van der Waals surface area contributed by atoms with Gasteiger partial charge in [-0.1, -0.05) is 12.1 Å². The lowest BCUT2D eigenvalue weighted by Gasteiger charge is -2.16. The van der Waals surface area contributed by atoms with E-state index in [1.807, 2.05) is 61.3 Å². The maximum atomic E-state index is 5.94. The Morgan fingerprint density at radius 1 is 1.04 bits per heavy atom. The van der Waals surface area contributed by atoms with Crippen molar-refractivity contribution in [2.45, 2.75) is 0 Å². The Morgan fingerprint density at radius 2 is 1.88 bits per heavy atom. The minimum Gasteiger partial charge on any atom is -0.489 e. The van der Waals surface area contributed by atoms with Gasteiger partial charge in [0.2, 0.25) is 0 Å². The van der Waals surface area contributed by atoms with E-state index in [0.29, 0.717) is 13.2 Å². The molecule has 0 aliphatic rings. The fourth-order valence-electron chi connectivity index (χ4n) is 2.34. The Bertz CT molecular complexity index is 832. The van der Waals surface area contributed by atoms with Gasteiger partial charge in [-0.25, -0.2) is 4.98 Å². The highest BCUT2D eigenvalue weighted by atomic mass is 16.5. The van der Waals surface area contributed by atoms with Crippen LogP contribution in [0.4, 0.5) is 0 Å². The highest BCUT2D eigenvalue weighted by molar-refractivity contribution is 6.02. The minimum atomic E-state index is 0.408. The van der Waals surface area contributed by atoms with Gasteiger partial charge in [0.15, 0.2) is 5.84 Å². The number of pyridine rings is 1. The van der Waals surface area contributed by atoms with Crippen LogP contribution in [0.1, 0.15) is 5.56 Å². The van der Waals surface area contributed by atoms with Gasteiger partial charge < -0.3 is 14.5 Å². The average molecular weight is 351 g/mol. The Balaban J connectivity index is 1.72. The van der Waals surface area contributed by atoms with Gasteiger partial charge in [0.25, 0.3) is 0 Å². The van der Waals surface area contributed by atoms with Gasteiger partial charge in [0.1, 0.15) is 31.0 Å². The van der Waals surface area contributed by atoms with E-state index in [1.165, 1.54) is 0 Å². The molecule has 0 spiro atoms. The molecule has 0 radical (unpaired) electrons. The molecular weight excluding hydrogens is 330 g/mol. The van der Waals surface area contributed by atoms with E-state index in [4.69, 9.17) is 9.47 Å². The van der Waals surface area contributed by atoms with E-state index in [1.54, 1.807) is 29.9 Å². The summed E-state index contributed by atoms with van der Waals surface area (Å²) in [4.78, 5) is 8.13. The zero-order valence-corrected chi connectivity index (χ0v) is 14.8. The lowest BCUT2D eigenvalue weighted by atomic mass is 10.2. The standard InChI is InChI=1S/C19H21N5O2/c1-23(2)22-19(24-11-10-21-15-24)17-7-3-4-8-18(17)26-13-12-25-16-6-5-9-20-14-16/h3-11,14-15H,12-13H2,1-2H3. The van der Waals surface area contributed by atoms with Gasteiger partial charge >= 0.3 is 0 Å². The van der Waals surface area contributed by atoms with Gasteiger partial charge in [-0.05, 0) is 24.3 Å². The maximum absolute atomic E-state index is 5.94. The van der Waals surface area contributed by atoms with Crippen molar-refractivity contribution in [3.05, 3.63) is 73.1 Å². The molecule has 0 saturated carbocycles. The number of ether oxygens (including phenoxy) is 2. The Kier molecular flexibility index (Phi) is 5.82. The van der Waals surface area contributed by atoms with Crippen molar-refractivity contribution in [3.63, 3.8) is 0 Å². The average Bonchev–Trinajstić information content (AvgIpc) is 3.19. The molecule has 0 saturated heterocycles. The molecule has 0 N–H and O–H groups in total. The smallest absolute Gasteiger partial charge is 0.168 e. The number of hydrogen-bond donors (Lipinski definition) is 0. The topological polar surface area (TPSA) is 64.8 Å². The number of para-hydroxylation sites is 1. The van der Waals surface area contributed by atoms with Crippen molar-refractivity contribution in [1.29, 1.82) is 0 Å². The summed E-state index contributed by atoms with van der Waals surface area (Å²) in [7, 11) is 3.75. The quantitative estimate of drug-likeness (QED) is 0.283. The first kappa shape index (κ1) is 17.5. The highest BCUT2D eigenvalue weighted by Crippen LogP contribution is 2.20. The number of benzene rings is 1. The van der Waals surface area contributed by atoms with Crippen molar-refractivity contribution < 1.29 is 9.47 Å². The van der Waals surface area contributed by atoms with E-state index in [0.717, 1.165) is 22.9 Å². The Labute approximate surface area is 152 Å². The van der Waals surface area contributed by atoms with Crippen molar-refractivity contribution >= 4 is 5.84 Å². The van der Waals surface area contributed by atoms with Crippen LogP contribution in [0, 0.1) is 0 Å². The van der Waals surface area contributed by atoms with E-state index in [2.05, 4.69) is 15.1 Å². The molecule has 7 heteroatoms. The predicted octanol–water partition coefficient (Wildman–Crippen LogP) is 2.51. The van der Waals surface area contributed by atoms with E-state index < -0.39 is 0 Å². The van der Waals surface area contributed by atoms with Crippen LogP contribution in [-0.4, -0.2) is 52.7 Å². The first-order valence-corrected chi connectivity index (χ1v) is 8.23. The summed E-state index contributed by atoms with van der Waals surface area (Å²) in [5.41, 5.74) is 0.876. The van der Waals surface area contributed by atoms with E-state index in [9.17, 15) is 0 Å². The monoisotopic (exact) mass is 351 g/mol. The normalized spacial score (nSPS) is 11.2. The summed E-state index contributed by atoms with van der Waals surface area (Å²) in [6.45, 7) is 0.830. The van der Waals surface area contributed by atoms with Gasteiger partial charge in [0, 0.05) is 32.7 Å². The number of imidazole rings is 1. The first-order chi connectivity index (χ1) is 12.7. The fraction of sp³-hybridized carbons (Fsp3) is 0.211. The van der Waals surface area contributed by atoms with Crippen LogP contribution in [0.3, 0.4) is 0 Å². The minimum absolute atomic E-state index is 0.408.